The number of ether oxygens (including phenoxy) is 1. The summed E-state index contributed by atoms with van der Waals surface area (Å²) in [7, 11) is 1.43. The first-order valence-corrected chi connectivity index (χ1v) is 4.95. The van der Waals surface area contributed by atoms with Gasteiger partial charge in [-0.15, -0.1) is 0 Å². The molecule has 1 saturated carbocycles. The van der Waals surface area contributed by atoms with Crippen LogP contribution in [0, 0.1) is 5.92 Å². The molecule has 0 amide bonds. The predicted octanol–water partition coefficient (Wildman–Crippen LogP) is 2.56. The van der Waals surface area contributed by atoms with E-state index < -0.39 is 0 Å². The van der Waals surface area contributed by atoms with Crippen LogP contribution in [-0.4, -0.2) is 19.0 Å². The van der Waals surface area contributed by atoms with Crippen molar-refractivity contribution in [2.24, 2.45) is 5.92 Å². The topological polar surface area (TPSA) is 29.5 Å². The van der Waals surface area contributed by atoms with E-state index in [0.29, 0.717) is 0 Å². The first kappa shape index (κ1) is 11.9. The Morgan fingerprint density at radius 3 is 2.00 bits per heavy atom. The van der Waals surface area contributed by atoms with E-state index >= 15 is 0 Å². The third-order valence-corrected chi connectivity index (χ3v) is 2.43. The fourth-order valence-electron chi connectivity index (χ4n) is 1.60. The summed E-state index contributed by atoms with van der Waals surface area (Å²) in [4.78, 5) is 0. The zero-order valence-corrected chi connectivity index (χ0v) is 8.38. The Morgan fingerprint density at radius 2 is 1.75 bits per heavy atom. The highest BCUT2D eigenvalue weighted by Crippen LogP contribution is 2.25. The Hall–Kier alpha value is -0.0800. The van der Waals surface area contributed by atoms with Gasteiger partial charge in [-0.05, 0) is 5.92 Å². The zero-order chi connectivity index (χ0) is 9.23. The summed E-state index contributed by atoms with van der Waals surface area (Å²) in [6.07, 6.45) is 8.93. The van der Waals surface area contributed by atoms with Crippen molar-refractivity contribution in [2.45, 2.75) is 45.4 Å². The lowest BCUT2D eigenvalue weighted by Gasteiger charge is -2.18. The first-order valence-electron chi connectivity index (χ1n) is 4.95. The fraction of sp³-hybridized carbons (Fsp3) is 1.00. The van der Waals surface area contributed by atoms with Crippen molar-refractivity contribution in [1.29, 1.82) is 0 Å². The second-order valence-electron chi connectivity index (χ2n) is 3.33. The molecule has 12 heavy (non-hydrogen) atoms. The summed E-state index contributed by atoms with van der Waals surface area (Å²) < 4.78 is 4.10. The van der Waals surface area contributed by atoms with Crippen molar-refractivity contribution >= 4 is 0 Å². The highest BCUT2D eigenvalue weighted by molar-refractivity contribution is 4.63. The third-order valence-electron chi connectivity index (χ3n) is 2.43. The summed E-state index contributed by atoms with van der Waals surface area (Å²) >= 11 is 0. The summed E-state index contributed by atoms with van der Waals surface area (Å²) in [5.41, 5.74) is 0. The lowest BCUT2D eigenvalue weighted by Crippen LogP contribution is -2.03. The van der Waals surface area contributed by atoms with E-state index in [2.05, 4.69) is 11.7 Å². The monoisotopic (exact) mass is 174 g/mol. The highest BCUT2D eigenvalue weighted by Gasteiger charge is 2.09. The fourth-order valence-corrected chi connectivity index (χ4v) is 1.60. The molecule has 0 spiro atoms. The van der Waals surface area contributed by atoms with Gasteiger partial charge in [0.15, 0.2) is 0 Å². The molecule has 0 aliphatic heterocycles. The van der Waals surface area contributed by atoms with Crippen LogP contribution >= 0.6 is 0 Å². The minimum Gasteiger partial charge on any atom is -0.371 e. The summed E-state index contributed by atoms with van der Waals surface area (Å²) in [6.45, 7) is 2.13. The molecule has 74 valence electrons. The number of aliphatic hydroxyl groups excluding tert-OH is 1. The first-order chi connectivity index (χ1) is 5.85. The third kappa shape index (κ3) is 6.62. The standard InChI is InChI=1S/C8H16.C2H6O2/c1-2-8-6-4-3-5-7-8;1-4-2-3/h8H,2-7H2,1H3;3H,2H2,1H3. The number of aliphatic hydroxyl groups is 1. The van der Waals surface area contributed by atoms with Crippen LogP contribution in [0.3, 0.4) is 0 Å². The summed E-state index contributed by atoms with van der Waals surface area (Å²) in [5, 5.41) is 7.65. The minimum absolute atomic E-state index is 0.181. The Balaban J connectivity index is 0.000000261. The van der Waals surface area contributed by atoms with E-state index in [0.717, 1.165) is 5.92 Å². The quantitative estimate of drug-likeness (QED) is 0.652. The molecular formula is C10H22O2. The number of methoxy groups -OCH3 is 1. The van der Waals surface area contributed by atoms with Gasteiger partial charge in [-0.2, -0.15) is 0 Å². The van der Waals surface area contributed by atoms with Gasteiger partial charge in [0.05, 0.1) is 0 Å². The molecule has 0 radical (unpaired) electrons. The van der Waals surface area contributed by atoms with E-state index in [1.807, 2.05) is 0 Å². The summed E-state index contributed by atoms with van der Waals surface area (Å²) in [6, 6.07) is 0. The molecule has 0 atom stereocenters. The molecule has 1 aliphatic rings. The van der Waals surface area contributed by atoms with Gasteiger partial charge < -0.3 is 9.84 Å². The lowest BCUT2D eigenvalue weighted by molar-refractivity contribution is 0.0325. The average Bonchev–Trinajstić information content (AvgIpc) is 2.19. The van der Waals surface area contributed by atoms with E-state index in [-0.39, 0.29) is 6.79 Å². The predicted molar refractivity (Wildman–Crippen MR) is 51.0 cm³/mol. The Labute approximate surface area is 75.9 Å². The van der Waals surface area contributed by atoms with Crippen molar-refractivity contribution in [2.75, 3.05) is 13.9 Å². The highest BCUT2D eigenvalue weighted by atomic mass is 16.6. The molecule has 1 aliphatic carbocycles. The van der Waals surface area contributed by atoms with Crippen LogP contribution in [0.1, 0.15) is 45.4 Å². The van der Waals surface area contributed by atoms with Gasteiger partial charge in [-0.25, -0.2) is 0 Å². The van der Waals surface area contributed by atoms with Crippen molar-refractivity contribution in [3.05, 3.63) is 0 Å². The SMILES string of the molecule is CCC1CCCCC1.COCO. The normalized spacial score (nSPS) is 18.2. The molecule has 0 unspecified atom stereocenters. The van der Waals surface area contributed by atoms with Crippen LogP contribution in [0.5, 0.6) is 0 Å². The largest absolute Gasteiger partial charge is 0.371 e. The van der Waals surface area contributed by atoms with Crippen molar-refractivity contribution in [1.82, 2.24) is 0 Å². The Bertz CT molecular complexity index is 75.9. The maximum absolute atomic E-state index is 7.65. The molecule has 0 saturated heterocycles. The van der Waals surface area contributed by atoms with E-state index in [1.54, 1.807) is 0 Å². The van der Waals surface area contributed by atoms with Crippen molar-refractivity contribution in [3.8, 4) is 0 Å². The second kappa shape index (κ2) is 9.01. The molecule has 1 fully saturated rings. The minimum atomic E-state index is -0.181. The van der Waals surface area contributed by atoms with Crippen molar-refractivity contribution < 1.29 is 9.84 Å². The molecule has 0 aromatic carbocycles. The molecule has 1 N–H and O–H groups in total. The molecule has 0 bridgehead atoms. The van der Waals surface area contributed by atoms with Crippen LogP contribution in [0.4, 0.5) is 0 Å². The smallest absolute Gasteiger partial charge is 0.143 e. The second-order valence-corrected chi connectivity index (χ2v) is 3.33. The van der Waals surface area contributed by atoms with Gasteiger partial charge in [-0.3, -0.25) is 0 Å². The van der Waals surface area contributed by atoms with Crippen LogP contribution in [0.25, 0.3) is 0 Å². The Morgan fingerprint density at radius 1 is 1.25 bits per heavy atom. The van der Waals surface area contributed by atoms with Gasteiger partial charge in [0, 0.05) is 7.11 Å². The van der Waals surface area contributed by atoms with Crippen LogP contribution in [0.2, 0.25) is 0 Å². The molecule has 0 aromatic heterocycles. The molecular weight excluding hydrogens is 152 g/mol. The van der Waals surface area contributed by atoms with E-state index in [9.17, 15) is 0 Å². The van der Waals surface area contributed by atoms with E-state index in [1.165, 1.54) is 45.6 Å². The van der Waals surface area contributed by atoms with Gasteiger partial charge in [0.2, 0.25) is 0 Å². The van der Waals surface area contributed by atoms with Gasteiger partial charge in [0.25, 0.3) is 0 Å². The molecule has 0 aromatic rings. The van der Waals surface area contributed by atoms with E-state index in [4.69, 9.17) is 5.11 Å². The average molecular weight is 174 g/mol. The number of hydrogen-bond acceptors (Lipinski definition) is 2. The van der Waals surface area contributed by atoms with Crippen LogP contribution in [0.15, 0.2) is 0 Å². The van der Waals surface area contributed by atoms with Crippen LogP contribution < -0.4 is 0 Å². The maximum Gasteiger partial charge on any atom is 0.143 e. The summed E-state index contributed by atoms with van der Waals surface area (Å²) in [5.74, 6) is 1.09. The molecule has 2 heteroatoms. The molecule has 2 nitrogen and oxygen atoms in total. The molecule has 1 rings (SSSR count). The van der Waals surface area contributed by atoms with Crippen LogP contribution in [-0.2, 0) is 4.74 Å². The zero-order valence-electron chi connectivity index (χ0n) is 8.38. The molecule has 0 heterocycles. The lowest BCUT2D eigenvalue weighted by atomic mass is 9.88. The Kier molecular flexibility index (Phi) is 8.95. The number of rotatable bonds is 2. The van der Waals surface area contributed by atoms with Gasteiger partial charge >= 0.3 is 0 Å². The van der Waals surface area contributed by atoms with Gasteiger partial charge in [0.1, 0.15) is 6.79 Å². The van der Waals surface area contributed by atoms with Crippen molar-refractivity contribution in [3.63, 3.8) is 0 Å². The van der Waals surface area contributed by atoms with Gasteiger partial charge in [-0.1, -0.05) is 45.4 Å². The maximum atomic E-state index is 7.65. The number of hydrogen-bond donors (Lipinski definition) is 1.